The third-order valence-electron chi connectivity index (χ3n) is 3.77. The van der Waals surface area contributed by atoms with Crippen molar-refractivity contribution >= 4 is 5.97 Å². The average Bonchev–Trinajstić information content (AvgIpc) is 3.06. The van der Waals surface area contributed by atoms with Crippen molar-refractivity contribution in [3.63, 3.8) is 0 Å². The molecule has 0 amide bonds. The second-order valence-electron chi connectivity index (χ2n) is 5.36. The molecule has 0 saturated heterocycles. The van der Waals surface area contributed by atoms with E-state index in [0.717, 1.165) is 17.2 Å². The first-order chi connectivity index (χ1) is 12.1. The van der Waals surface area contributed by atoms with Crippen molar-refractivity contribution in [2.75, 3.05) is 6.61 Å². The number of nitrogens with zero attached hydrogens (tertiary/aromatic N) is 2. The number of benzene rings is 2. The van der Waals surface area contributed by atoms with Gasteiger partial charge in [-0.05, 0) is 30.7 Å². The van der Waals surface area contributed by atoms with Crippen LogP contribution in [0.3, 0.4) is 0 Å². The lowest BCUT2D eigenvalue weighted by atomic mass is 10.1. The Balaban J connectivity index is 2.02. The molecule has 3 rings (SSSR count). The van der Waals surface area contributed by atoms with Crippen LogP contribution in [0.25, 0.3) is 16.8 Å². The number of esters is 1. The molecule has 0 spiro atoms. The van der Waals surface area contributed by atoms with Gasteiger partial charge < -0.3 is 9.30 Å². The maximum atomic E-state index is 14.5. The fourth-order valence-corrected chi connectivity index (χ4v) is 2.59. The van der Waals surface area contributed by atoms with Crippen LogP contribution >= 0.6 is 0 Å². The third-order valence-corrected chi connectivity index (χ3v) is 3.77. The molecule has 0 unspecified atom stereocenters. The molecule has 0 N–H and O–H groups in total. The van der Waals surface area contributed by atoms with E-state index in [0.29, 0.717) is 5.56 Å². The number of halogens is 1. The third kappa shape index (κ3) is 3.29. The van der Waals surface area contributed by atoms with Crippen molar-refractivity contribution < 1.29 is 13.9 Å². The van der Waals surface area contributed by atoms with E-state index in [1.807, 2.05) is 30.3 Å². The van der Waals surface area contributed by atoms with Gasteiger partial charge in [-0.25, -0.2) is 9.18 Å². The number of hydrogen-bond acceptors (Lipinski definition) is 3. The minimum absolute atomic E-state index is 0.152. The highest BCUT2D eigenvalue weighted by atomic mass is 19.1. The first-order valence-corrected chi connectivity index (χ1v) is 7.78. The molecule has 0 atom stereocenters. The quantitative estimate of drug-likeness (QED) is 0.667. The highest BCUT2D eigenvalue weighted by Gasteiger charge is 2.14. The van der Waals surface area contributed by atoms with E-state index < -0.39 is 11.8 Å². The van der Waals surface area contributed by atoms with Crippen LogP contribution in [0, 0.1) is 17.1 Å². The molecule has 1 heterocycles. The summed E-state index contributed by atoms with van der Waals surface area (Å²) in [5.41, 5.74) is 2.45. The molecule has 2 aromatic carbocycles. The molecule has 5 heteroatoms. The maximum absolute atomic E-state index is 14.5. The summed E-state index contributed by atoms with van der Waals surface area (Å²) in [7, 11) is 0. The van der Waals surface area contributed by atoms with Gasteiger partial charge in [-0.15, -0.1) is 0 Å². The van der Waals surface area contributed by atoms with E-state index in [-0.39, 0.29) is 17.9 Å². The molecule has 0 radical (unpaired) electrons. The van der Waals surface area contributed by atoms with Crippen LogP contribution < -0.4 is 0 Å². The summed E-state index contributed by atoms with van der Waals surface area (Å²) >= 11 is 0. The van der Waals surface area contributed by atoms with Crippen LogP contribution in [0.5, 0.6) is 0 Å². The number of carbonyl (C=O) groups is 1. The average molecular weight is 334 g/mol. The zero-order valence-electron chi connectivity index (χ0n) is 13.6. The van der Waals surface area contributed by atoms with E-state index in [9.17, 15) is 14.4 Å². The Morgan fingerprint density at radius 1 is 1.20 bits per heavy atom. The second-order valence-corrected chi connectivity index (χ2v) is 5.36. The van der Waals surface area contributed by atoms with Gasteiger partial charge in [-0.2, -0.15) is 5.26 Å². The summed E-state index contributed by atoms with van der Waals surface area (Å²) in [6.07, 6.45) is 3.28. The van der Waals surface area contributed by atoms with Crippen LogP contribution in [0.2, 0.25) is 0 Å². The highest BCUT2D eigenvalue weighted by Crippen LogP contribution is 2.27. The Kier molecular flexibility index (Phi) is 4.62. The van der Waals surface area contributed by atoms with Crippen molar-refractivity contribution in [3.05, 3.63) is 77.9 Å². The van der Waals surface area contributed by atoms with E-state index in [4.69, 9.17) is 4.74 Å². The Morgan fingerprint density at radius 3 is 2.60 bits per heavy atom. The Hall–Kier alpha value is -3.39. The lowest BCUT2D eigenvalue weighted by Crippen LogP contribution is -2.06. The number of hydrogen-bond donors (Lipinski definition) is 0. The molecule has 0 aliphatic rings. The molecule has 1 aromatic heterocycles. The molecule has 4 nitrogen and oxygen atoms in total. The molecule has 0 fully saturated rings. The van der Waals surface area contributed by atoms with Crippen molar-refractivity contribution in [1.29, 1.82) is 5.26 Å². The summed E-state index contributed by atoms with van der Waals surface area (Å²) in [6.45, 7) is 1.92. The summed E-state index contributed by atoms with van der Waals surface area (Å²) in [5, 5.41) is 9.37. The first-order valence-electron chi connectivity index (χ1n) is 7.78. The van der Waals surface area contributed by atoms with Gasteiger partial charge in [0.1, 0.15) is 11.9 Å². The van der Waals surface area contributed by atoms with Crippen molar-refractivity contribution in [3.8, 4) is 22.9 Å². The van der Waals surface area contributed by atoms with E-state index >= 15 is 0 Å². The van der Waals surface area contributed by atoms with Gasteiger partial charge in [0, 0.05) is 18.0 Å². The normalized spacial score (nSPS) is 10.3. The number of nitriles is 1. The molecule has 25 heavy (non-hydrogen) atoms. The summed E-state index contributed by atoms with van der Waals surface area (Å²) < 4.78 is 20.9. The number of ether oxygens (including phenoxy) is 1. The van der Waals surface area contributed by atoms with E-state index in [1.54, 1.807) is 23.9 Å². The molecular weight excluding hydrogens is 319 g/mol. The molecule has 0 aliphatic carbocycles. The predicted octanol–water partition coefficient (Wildman–Crippen LogP) is 4.33. The van der Waals surface area contributed by atoms with Gasteiger partial charge >= 0.3 is 5.97 Å². The number of aromatic nitrogens is 1. The maximum Gasteiger partial charge on any atom is 0.338 e. The first kappa shape index (κ1) is 16.5. The van der Waals surface area contributed by atoms with Crippen LogP contribution in [-0.4, -0.2) is 17.1 Å². The van der Waals surface area contributed by atoms with Crippen LogP contribution in [0.1, 0.15) is 22.8 Å². The SMILES string of the molecule is CCOC(=O)c1ccc(-n2cc(C#N)c(-c3ccccc3)c2)c(F)c1. The minimum atomic E-state index is -0.567. The Bertz CT molecular complexity index is 956. The lowest BCUT2D eigenvalue weighted by molar-refractivity contribution is 0.0526. The summed E-state index contributed by atoms with van der Waals surface area (Å²) in [6, 6.07) is 15.7. The van der Waals surface area contributed by atoms with Gasteiger partial charge in [0.15, 0.2) is 0 Å². The smallest absolute Gasteiger partial charge is 0.338 e. The molecule has 0 saturated carbocycles. The molecule has 3 aromatic rings. The standard InChI is InChI=1S/C20H15FN2O2/c1-2-25-20(24)15-8-9-19(18(21)10-15)23-12-16(11-22)17(13-23)14-6-4-3-5-7-14/h3-10,12-13H,2H2,1H3. The predicted molar refractivity (Wildman–Crippen MR) is 91.8 cm³/mol. The Labute approximate surface area is 144 Å². The Morgan fingerprint density at radius 2 is 1.96 bits per heavy atom. The highest BCUT2D eigenvalue weighted by molar-refractivity contribution is 5.89. The van der Waals surface area contributed by atoms with Crippen LogP contribution in [0.15, 0.2) is 60.9 Å². The van der Waals surface area contributed by atoms with E-state index in [2.05, 4.69) is 6.07 Å². The van der Waals surface area contributed by atoms with Crippen molar-refractivity contribution in [2.45, 2.75) is 6.92 Å². The lowest BCUT2D eigenvalue weighted by Gasteiger charge is -2.07. The zero-order valence-corrected chi connectivity index (χ0v) is 13.6. The topological polar surface area (TPSA) is 55.0 Å². The van der Waals surface area contributed by atoms with Crippen LogP contribution in [0.4, 0.5) is 4.39 Å². The summed E-state index contributed by atoms with van der Waals surface area (Å²) in [4.78, 5) is 11.7. The van der Waals surface area contributed by atoms with Gasteiger partial charge in [0.05, 0.1) is 23.4 Å². The summed E-state index contributed by atoms with van der Waals surface area (Å²) in [5.74, 6) is -1.13. The van der Waals surface area contributed by atoms with Crippen molar-refractivity contribution in [1.82, 2.24) is 4.57 Å². The molecular formula is C20H15FN2O2. The van der Waals surface area contributed by atoms with Crippen LogP contribution in [-0.2, 0) is 4.74 Å². The fraction of sp³-hybridized carbons (Fsp3) is 0.100. The fourth-order valence-electron chi connectivity index (χ4n) is 2.59. The van der Waals surface area contributed by atoms with Gasteiger partial charge in [0.25, 0.3) is 0 Å². The zero-order chi connectivity index (χ0) is 17.8. The van der Waals surface area contributed by atoms with Gasteiger partial charge in [-0.3, -0.25) is 0 Å². The second kappa shape index (κ2) is 7.02. The number of rotatable bonds is 4. The largest absolute Gasteiger partial charge is 0.462 e. The van der Waals surface area contributed by atoms with E-state index in [1.165, 1.54) is 12.1 Å². The van der Waals surface area contributed by atoms with Crippen molar-refractivity contribution in [2.24, 2.45) is 0 Å². The van der Waals surface area contributed by atoms with Gasteiger partial charge in [0.2, 0.25) is 0 Å². The molecule has 0 aliphatic heterocycles. The monoisotopic (exact) mass is 334 g/mol. The molecule has 124 valence electrons. The van der Waals surface area contributed by atoms with Gasteiger partial charge in [-0.1, -0.05) is 30.3 Å². The molecule has 0 bridgehead atoms. The number of carbonyl (C=O) groups excluding carboxylic acids is 1. The minimum Gasteiger partial charge on any atom is -0.462 e.